The maximum absolute atomic E-state index is 12.0. The summed E-state index contributed by atoms with van der Waals surface area (Å²) in [6.45, 7) is 8.12. The van der Waals surface area contributed by atoms with E-state index in [2.05, 4.69) is 6.92 Å². The van der Waals surface area contributed by atoms with Gasteiger partial charge in [0.05, 0.1) is 17.1 Å². The van der Waals surface area contributed by atoms with Crippen LogP contribution in [0.25, 0.3) is 0 Å². The Hall–Kier alpha value is -0.870. The lowest BCUT2D eigenvalue weighted by Crippen LogP contribution is -2.57. The molecule has 2 unspecified atom stereocenters. The predicted molar refractivity (Wildman–Crippen MR) is 92.4 cm³/mol. The van der Waals surface area contributed by atoms with E-state index in [1.165, 1.54) is 0 Å². The number of fused-ring (bicyclic) bond motifs is 3. The molecule has 2 saturated carbocycles. The van der Waals surface area contributed by atoms with Crippen molar-refractivity contribution in [1.82, 2.24) is 0 Å². The minimum atomic E-state index is -0.846. The van der Waals surface area contributed by atoms with Gasteiger partial charge in [0, 0.05) is 0 Å². The third-order valence-electron chi connectivity index (χ3n) is 7.76. The number of aliphatic carboxylic acids is 1. The van der Waals surface area contributed by atoms with Gasteiger partial charge in [-0.15, -0.1) is 0 Å². The minimum absolute atomic E-state index is 0.0151. The van der Waals surface area contributed by atoms with E-state index in [0.29, 0.717) is 19.3 Å². The molecule has 0 radical (unpaired) electrons. The smallest absolute Gasteiger partial charge is 0.309 e. The molecule has 3 aliphatic rings. The van der Waals surface area contributed by atoms with Crippen LogP contribution in [0.1, 0.15) is 66.2 Å². The molecular weight excluding hydrogens is 304 g/mol. The summed E-state index contributed by atoms with van der Waals surface area (Å²) in [4.78, 5) is 12.0. The molecule has 0 saturated heterocycles. The normalized spacial score (nSPS) is 48.5. The summed E-state index contributed by atoms with van der Waals surface area (Å²) in [6, 6.07) is 0. The first-order valence-electron chi connectivity index (χ1n) is 9.41. The average Bonchev–Trinajstić information content (AvgIpc) is 2.49. The third-order valence-corrected chi connectivity index (χ3v) is 7.76. The molecule has 136 valence electrons. The number of carboxylic acid groups (broad SMARTS) is 1. The fourth-order valence-electron chi connectivity index (χ4n) is 5.97. The van der Waals surface area contributed by atoms with Crippen LogP contribution < -0.4 is 0 Å². The molecule has 0 heterocycles. The van der Waals surface area contributed by atoms with Crippen molar-refractivity contribution in [3.63, 3.8) is 0 Å². The number of hydrogen-bond donors (Lipinski definition) is 3. The van der Waals surface area contributed by atoms with Crippen molar-refractivity contribution in [2.75, 3.05) is 0 Å². The van der Waals surface area contributed by atoms with Gasteiger partial charge in [0.1, 0.15) is 0 Å². The lowest BCUT2D eigenvalue weighted by molar-refractivity contribution is -0.168. The summed E-state index contributed by atoms with van der Waals surface area (Å²) in [7, 11) is 0. The molecule has 3 aliphatic carbocycles. The zero-order valence-corrected chi connectivity index (χ0v) is 15.4. The second-order valence-electron chi connectivity index (χ2n) is 9.27. The van der Waals surface area contributed by atoms with Crippen LogP contribution in [0.3, 0.4) is 0 Å². The number of aliphatic hydroxyl groups is 2. The van der Waals surface area contributed by atoms with Gasteiger partial charge in [-0.25, -0.2) is 0 Å². The molecule has 0 aromatic heterocycles. The molecule has 3 N–H and O–H groups in total. The molecule has 0 amide bonds. The molecule has 4 nitrogen and oxygen atoms in total. The number of carbonyl (C=O) groups is 1. The van der Waals surface area contributed by atoms with Crippen LogP contribution in [0, 0.1) is 28.6 Å². The Kier molecular flexibility index (Phi) is 4.16. The van der Waals surface area contributed by atoms with Crippen molar-refractivity contribution in [1.29, 1.82) is 0 Å². The van der Waals surface area contributed by atoms with E-state index in [1.807, 2.05) is 26.8 Å². The van der Waals surface area contributed by atoms with E-state index < -0.39 is 23.1 Å². The first-order valence-corrected chi connectivity index (χ1v) is 9.41. The van der Waals surface area contributed by atoms with Gasteiger partial charge >= 0.3 is 5.97 Å². The van der Waals surface area contributed by atoms with Gasteiger partial charge in [-0.05, 0) is 67.8 Å². The minimum Gasteiger partial charge on any atom is -0.481 e. The summed E-state index contributed by atoms with van der Waals surface area (Å²) < 4.78 is 0. The zero-order valence-electron chi connectivity index (χ0n) is 15.4. The highest BCUT2D eigenvalue weighted by atomic mass is 16.4. The van der Waals surface area contributed by atoms with Crippen molar-refractivity contribution in [2.24, 2.45) is 28.6 Å². The first kappa shape index (κ1) is 17.9. The Balaban J connectivity index is 2.04. The predicted octanol–water partition coefficient (Wildman–Crippen LogP) is 3.37. The molecule has 6 atom stereocenters. The summed E-state index contributed by atoms with van der Waals surface area (Å²) in [5.74, 6) is -0.449. The van der Waals surface area contributed by atoms with Crippen molar-refractivity contribution in [3.05, 3.63) is 11.6 Å². The van der Waals surface area contributed by atoms with Crippen LogP contribution in [0.2, 0.25) is 0 Å². The average molecular weight is 336 g/mol. The van der Waals surface area contributed by atoms with Crippen molar-refractivity contribution in [3.8, 4) is 0 Å². The Morgan fingerprint density at radius 1 is 1.25 bits per heavy atom. The van der Waals surface area contributed by atoms with Crippen LogP contribution in [-0.2, 0) is 4.79 Å². The monoisotopic (exact) mass is 336 g/mol. The van der Waals surface area contributed by atoms with Crippen molar-refractivity contribution < 1.29 is 20.1 Å². The molecule has 4 heteroatoms. The van der Waals surface area contributed by atoms with E-state index in [9.17, 15) is 20.1 Å². The van der Waals surface area contributed by atoms with E-state index >= 15 is 0 Å². The molecule has 0 aromatic carbocycles. The van der Waals surface area contributed by atoms with Crippen LogP contribution in [0.4, 0.5) is 0 Å². The first-order chi connectivity index (χ1) is 11.0. The molecular formula is C20H32O4. The quantitative estimate of drug-likeness (QED) is 0.676. The lowest BCUT2D eigenvalue weighted by atomic mass is 9.45. The highest BCUT2D eigenvalue weighted by molar-refractivity contribution is 5.75. The molecule has 24 heavy (non-hydrogen) atoms. The van der Waals surface area contributed by atoms with Gasteiger partial charge in [-0.2, -0.15) is 0 Å². The van der Waals surface area contributed by atoms with Crippen LogP contribution in [0.15, 0.2) is 11.6 Å². The fourth-order valence-corrected chi connectivity index (χ4v) is 5.97. The van der Waals surface area contributed by atoms with Crippen molar-refractivity contribution >= 4 is 5.97 Å². The van der Waals surface area contributed by atoms with Crippen molar-refractivity contribution in [2.45, 2.75) is 77.9 Å². The Morgan fingerprint density at radius 2 is 1.92 bits per heavy atom. The number of carboxylic acids is 1. The second-order valence-corrected chi connectivity index (χ2v) is 9.27. The summed E-state index contributed by atoms with van der Waals surface area (Å²) in [6.07, 6.45) is 5.94. The topological polar surface area (TPSA) is 77.8 Å². The number of rotatable bonds is 2. The van der Waals surface area contributed by atoms with Gasteiger partial charge in [0.15, 0.2) is 0 Å². The summed E-state index contributed by atoms with van der Waals surface area (Å²) >= 11 is 0. The van der Waals surface area contributed by atoms with Crippen LogP contribution in [-0.4, -0.2) is 33.0 Å². The summed E-state index contributed by atoms with van der Waals surface area (Å²) in [5.41, 5.74) is -0.744. The number of hydrogen-bond acceptors (Lipinski definition) is 3. The Bertz CT molecular complexity index is 568. The highest BCUT2D eigenvalue weighted by Gasteiger charge is 2.60. The third kappa shape index (κ3) is 2.37. The van der Waals surface area contributed by atoms with E-state index in [-0.39, 0.29) is 23.2 Å². The van der Waals surface area contributed by atoms with E-state index in [0.717, 1.165) is 24.8 Å². The molecule has 0 spiro atoms. The van der Waals surface area contributed by atoms with Gasteiger partial charge in [0.2, 0.25) is 0 Å². The van der Waals surface area contributed by atoms with E-state index in [4.69, 9.17) is 0 Å². The molecule has 2 fully saturated rings. The maximum Gasteiger partial charge on any atom is 0.309 e. The van der Waals surface area contributed by atoms with Crippen LogP contribution >= 0.6 is 0 Å². The Labute approximate surface area is 145 Å². The largest absolute Gasteiger partial charge is 0.481 e. The molecule has 0 aromatic rings. The SMILES string of the molecule is CC(C)[C@]1(O)C=C2C(CC1)[C@@]1(C)CCC[C@@](C)(C(=O)O)C1C[C@H]2O. The Morgan fingerprint density at radius 3 is 2.50 bits per heavy atom. The van der Waals surface area contributed by atoms with Gasteiger partial charge < -0.3 is 15.3 Å². The van der Waals surface area contributed by atoms with Gasteiger partial charge in [-0.1, -0.05) is 33.3 Å². The number of aliphatic hydroxyl groups excluding tert-OH is 1. The fraction of sp³-hybridized carbons (Fsp3) is 0.850. The second kappa shape index (κ2) is 5.57. The standard InChI is InChI=1S/C20H32O4/c1-12(2)20(24)9-6-14-13(11-20)15(21)10-16-18(14,3)7-5-8-19(16,4)17(22)23/h11-12,14-16,21,24H,5-10H2,1-4H3,(H,22,23)/t14?,15-,16?,18-,19-,20-/m1/s1. The van der Waals surface area contributed by atoms with Gasteiger partial charge in [0.25, 0.3) is 0 Å². The zero-order chi connectivity index (χ0) is 17.9. The summed E-state index contributed by atoms with van der Waals surface area (Å²) in [5, 5.41) is 31.6. The van der Waals surface area contributed by atoms with Gasteiger partial charge in [-0.3, -0.25) is 4.79 Å². The lowest BCUT2D eigenvalue weighted by Gasteiger charge is -2.60. The molecule has 0 aliphatic heterocycles. The highest BCUT2D eigenvalue weighted by Crippen LogP contribution is 2.63. The van der Waals surface area contributed by atoms with Crippen LogP contribution in [0.5, 0.6) is 0 Å². The maximum atomic E-state index is 12.0. The van der Waals surface area contributed by atoms with E-state index in [1.54, 1.807) is 0 Å². The molecule has 3 rings (SSSR count). The molecule has 0 bridgehead atoms.